The molecule has 3 fully saturated rings. The molecule has 4 heteroatoms. The highest BCUT2D eigenvalue weighted by molar-refractivity contribution is 5.66. The van der Waals surface area contributed by atoms with E-state index >= 15 is 0 Å². The molecule has 0 aromatic carbocycles. The lowest BCUT2D eigenvalue weighted by molar-refractivity contribution is -0.153. The van der Waals surface area contributed by atoms with Crippen molar-refractivity contribution < 1.29 is 19.4 Å². The van der Waals surface area contributed by atoms with Crippen LogP contribution in [-0.2, 0) is 14.3 Å². The molecule has 2 heterocycles. The third kappa shape index (κ3) is 1.34. The van der Waals surface area contributed by atoms with Gasteiger partial charge in [0.15, 0.2) is 0 Å². The zero-order chi connectivity index (χ0) is 9.53. The monoisotopic (exact) mass is 186 g/mol. The standard InChI is InChI=1S/C9H14O4/c1-7(11)12-6-9-2-8(3-9,4-10)5-13-9/h10H,2-6H2,1H3. The first-order chi connectivity index (χ1) is 6.10. The van der Waals surface area contributed by atoms with Crippen molar-refractivity contribution in [3.05, 3.63) is 0 Å². The van der Waals surface area contributed by atoms with Crippen LogP contribution in [0, 0.1) is 5.41 Å². The third-order valence-corrected chi connectivity index (χ3v) is 2.95. The molecule has 1 N–H and O–H groups in total. The Labute approximate surface area is 76.8 Å². The Morgan fingerprint density at radius 2 is 2.31 bits per heavy atom. The minimum Gasteiger partial charge on any atom is -0.463 e. The average Bonchev–Trinajstić information content (AvgIpc) is 2.55. The molecule has 0 amide bonds. The Morgan fingerprint density at radius 3 is 2.77 bits per heavy atom. The number of aliphatic hydroxyl groups excluding tert-OH is 1. The van der Waals surface area contributed by atoms with Crippen molar-refractivity contribution in [2.75, 3.05) is 19.8 Å². The molecule has 2 aliphatic heterocycles. The molecule has 74 valence electrons. The summed E-state index contributed by atoms with van der Waals surface area (Å²) >= 11 is 0. The van der Waals surface area contributed by atoms with E-state index in [1.807, 2.05) is 0 Å². The molecule has 0 aromatic rings. The van der Waals surface area contributed by atoms with Gasteiger partial charge in [-0.05, 0) is 12.8 Å². The van der Waals surface area contributed by atoms with Gasteiger partial charge in [0.25, 0.3) is 0 Å². The summed E-state index contributed by atoms with van der Waals surface area (Å²) < 4.78 is 10.4. The zero-order valence-electron chi connectivity index (χ0n) is 7.71. The van der Waals surface area contributed by atoms with Gasteiger partial charge in [-0.1, -0.05) is 0 Å². The first-order valence-electron chi connectivity index (χ1n) is 4.48. The summed E-state index contributed by atoms with van der Waals surface area (Å²) in [6.45, 7) is 2.51. The largest absolute Gasteiger partial charge is 0.463 e. The summed E-state index contributed by atoms with van der Waals surface area (Å²) in [7, 11) is 0. The molecule has 0 spiro atoms. The number of hydrogen-bond acceptors (Lipinski definition) is 4. The van der Waals surface area contributed by atoms with Crippen LogP contribution in [0.15, 0.2) is 0 Å². The number of rotatable bonds is 3. The summed E-state index contributed by atoms with van der Waals surface area (Å²) in [4.78, 5) is 10.6. The van der Waals surface area contributed by atoms with E-state index in [2.05, 4.69) is 0 Å². The van der Waals surface area contributed by atoms with Crippen LogP contribution >= 0.6 is 0 Å². The third-order valence-electron chi connectivity index (χ3n) is 2.95. The highest BCUT2D eigenvalue weighted by Crippen LogP contribution is 2.57. The van der Waals surface area contributed by atoms with Gasteiger partial charge in [0.1, 0.15) is 12.2 Å². The van der Waals surface area contributed by atoms with Crippen LogP contribution in [0.5, 0.6) is 0 Å². The van der Waals surface area contributed by atoms with E-state index in [1.165, 1.54) is 6.92 Å². The number of carbonyl (C=O) groups is 1. The average molecular weight is 186 g/mol. The molecule has 0 radical (unpaired) electrons. The normalized spacial score (nSPS) is 41.4. The van der Waals surface area contributed by atoms with Gasteiger partial charge in [0.2, 0.25) is 0 Å². The molecule has 3 aliphatic rings. The van der Waals surface area contributed by atoms with Crippen molar-refractivity contribution in [3.8, 4) is 0 Å². The summed E-state index contributed by atoms with van der Waals surface area (Å²) in [6, 6.07) is 0. The summed E-state index contributed by atoms with van der Waals surface area (Å²) in [6.07, 6.45) is 1.65. The first-order valence-corrected chi connectivity index (χ1v) is 4.48. The highest BCUT2D eigenvalue weighted by Gasteiger charge is 2.62. The van der Waals surface area contributed by atoms with Crippen LogP contribution in [0.1, 0.15) is 19.8 Å². The molecule has 4 nitrogen and oxygen atoms in total. The number of esters is 1. The summed E-state index contributed by atoms with van der Waals surface area (Å²) in [5, 5.41) is 9.07. The fraction of sp³-hybridized carbons (Fsp3) is 0.889. The van der Waals surface area contributed by atoms with Crippen LogP contribution in [0.2, 0.25) is 0 Å². The van der Waals surface area contributed by atoms with Crippen molar-refractivity contribution in [1.82, 2.24) is 0 Å². The summed E-state index contributed by atoms with van der Waals surface area (Å²) in [5.41, 5.74) is -0.297. The second-order valence-electron chi connectivity index (χ2n) is 4.26. The molecular weight excluding hydrogens is 172 g/mol. The molecule has 2 bridgehead atoms. The Bertz CT molecular complexity index is 230. The Morgan fingerprint density at radius 1 is 1.62 bits per heavy atom. The number of fused-ring (bicyclic) bond motifs is 1. The Hall–Kier alpha value is -0.610. The van der Waals surface area contributed by atoms with Gasteiger partial charge < -0.3 is 14.6 Å². The van der Waals surface area contributed by atoms with E-state index in [9.17, 15) is 4.79 Å². The van der Waals surface area contributed by atoms with Crippen LogP contribution in [-0.4, -0.2) is 36.5 Å². The molecule has 2 saturated heterocycles. The number of carbonyl (C=O) groups excluding carboxylic acids is 1. The highest BCUT2D eigenvalue weighted by atomic mass is 16.6. The maximum absolute atomic E-state index is 10.6. The smallest absolute Gasteiger partial charge is 0.302 e. The van der Waals surface area contributed by atoms with E-state index in [1.54, 1.807) is 0 Å². The van der Waals surface area contributed by atoms with Crippen molar-refractivity contribution >= 4 is 5.97 Å². The van der Waals surface area contributed by atoms with Gasteiger partial charge in [0, 0.05) is 12.3 Å². The van der Waals surface area contributed by atoms with Crippen molar-refractivity contribution in [1.29, 1.82) is 0 Å². The molecule has 0 atom stereocenters. The molecule has 0 aromatic heterocycles. The number of hydrogen-bond donors (Lipinski definition) is 1. The van der Waals surface area contributed by atoms with Crippen LogP contribution in [0.25, 0.3) is 0 Å². The topological polar surface area (TPSA) is 55.8 Å². The fourth-order valence-electron chi connectivity index (χ4n) is 2.36. The van der Waals surface area contributed by atoms with Crippen LogP contribution in [0.3, 0.4) is 0 Å². The van der Waals surface area contributed by atoms with Crippen molar-refractivity contribution in [3.63, 3.8) is 0 Å². The predicted octanol–water partition coefficient (Wildman–Crippen LogP) is 0.0910. The lowest BCUT2D eigenvalue weighted by atomic mass is 9.63. The second kappa shape index (κ2) is 2.69. The van der Waals surface area contributed by atoms with Gasteiger partial charge in [0.05, 0.1) is 13.2 Å². The summed E-state index contributed by atoms with van der Waals surface area (Å²) in [5.74, 6) is -0.272. The fourth-order valence-corrected chi connectivity index (χ4v) is 2.36. The molecule has 1 saturated carbocycles. The van der Waals surface area contributed by atoms with Gasteiger partial charge in [-0.2, -0.15) is 0 Å². The van der Waals surface area contributed by atoms with E-state index in [0.29, 0.717) is 13.2 Å². The van der Waals surface area contributed by atoms with Gasteiger partial charge in [-0.3, -0.25) is 4.79 Å². The van der Waals surface area contributed by atoms with Gasteiger partial charge in [-0.15, -0.1) is 0 Å². The first kappa shape index (κ1) is 8.97. The molecule has 0 unspecified atom stereocenters. The lowest BCUT2D eigenvalue weighted by Crippen LogP contribution is -2.49. The minimum absolute atomic E-state index is 0.0276. The SMILES string of the molecule is CC(=O)OCC12CC(CO)(CO1)C2. The van der Waals surface area contributed by atoms with Crippen molar-refractivity contribution in [2.45, 2.75) is 25.4 Å². The molecule has 3 rings (SSSR count). The molecule has 1 aliphatic carbocycles. The predicted molar refractivity (Wildman–Crippen MR) is 44.1 cm³/mol. The van der Waals surface area contributed by atoms with Crippen LogP contribution < -0.4 is 0 Å². The Kier molecular flexibility index (Phi) is 1.85. The zero-order valence-corrected chi connectivity index (χ0v) is 7.71. The van der Waals surface area contributed by atoms with Crippen molar-refractivity contribution in [2.24, 2.45) is 5.41 Å². The second-order valence-corrected chi connectivity index (χ2v) is 4.26. The maximum atomic E-state index is 10.6. The van der Waals surface area contributed by atoms with E-state index in [0.717, 1.165) is 12.8 Å². The Balaban J connectivity index is 1.87. The maximum Gasteiger partial charge on any atom is 0.302 e. The van der Waals surface area contributed by atoms with E-state index in [4.69, 9.17) is 14.6 Å². The number of ether oxygens (including phenoxy) is 2. The van der Waals surface area contributed by atoms with E-state index in [-0.39, 0.29) is 23.6 Å². The van der Waals surface area contributed by atoms with Gasteiger partial charge in [-0.25, -0.2) is 0 Å². The number of aliphatic hydroxyl groups is 1. The minimum atomic E-state index is -0.272. The quantitative estimate of drug-likeness (QED) is 0.635. The lowest BCUT2D eigenvalue weighted by Gasteiger charge is -2.42. The van der Waals surface area contributed by atoms with Crippen LogP contribution in [0.4, 0.5) is 0 Å². The molecule has 13 heavy (non-hydrogen) atoms. The van der Waals surface area contributed by atoms with E-state index < -0.39 is 0 Å². The van der Waals surface area contributed by atoms with Gasteiger partial charge >= 0.3 is 5.97 Å². The molecular formula is C9H14O4.